The summed E-state index contributed by atoms with van der Waals surface area (Å²) in [6.45, 7) is 5.50. The van der Waals surface area contributed by atoms with Crippen LogP contribution in [0.1, 0.15) is 30.9 Å². The van der Waals surface area contributed by atoms with Crippen LogP contribution in [0.5, 0.6) is 0 Å². The van der Waals surface area contributed by atoms with Crippen molar-refractivity contribution in [2.24, 2.45) is 5.92 Å². The number of nitrogens with zero attached hydrogens (tertiary/aromatic N) is 2. The fourth-order valence-corrected chi connectivity index (χ4v) is 3.54. The highest BCUT2D eigenvalue weighted by Crippen LogP contribution is 2.18. The normalized spacial score (nSPS) is 15.2. The average Bonchev–Trinajstić information content (AvgIpc) is 2.74. The lowest BCUT2D eigenvalue weighted by Crippen LogP contribution is -2.41. The molecular weight excluding hydrogens is 352 g/mol. The van der Waals surface area contributed by atoms with Crippen molar-refractivity contribution in [1.82, 2.24) is 15.2 Å². The maximum Gasteiger partial charge on any atom is 0.313 e. The molecule has 1 aromatic heterocycles. The largest absolute Gasteiger partial charge is 0.348 e. The molecule has 2 N–H and O–H groups in total. The SMILES string of the molecule is CCc1ccccc1NC(=O)C(=O)NCC1CCN(Cc2ccncc2)CC1. The fourth-order valence-electron chi connectivity index (χ4n) is 3.54. The molecule has 2 heterocycles. The molecule has 0 saturated carbocycles. The van der Waals surface area contributed by atoms with Gasteiger partial charge < -0.3 is 10.6 Å². The van der Waals surface area contributed by atoms with E-state index in [-0.39, 0.29) is 0 Å². The Morgan fingerprint density at radius 1 is 1.07 bits per heavy atom. The van der Waals surface area contributed by atoms with Gasteiger partial charge in [0.25, 0.3) is 0 Å². The lowest BCUT2D eigenvalue weighted by atomic mass is 9.96. The van der Waals surface area contributed by atoms with E-state index in [1.165, 1.54) is 5.56 Å². The number of amides is 2. The first-order valence-corrected chi connectivity index (χ1v) is 9.94. The van der Waals surface area contributed by atoms with E-state index in [1.54, 1.807) is 0 Å². The van der Waals surface area contributed by atoms with Gasteiger partial charge in [-0.3, -0.25) is 19.5 Å². The van der Waals surface area contributed by atoms with Gasteiger partial charge in [-0.05, 0) is 67.6 Å². The quantitative estimate of drug-likeness (QED) is 0.756. The first-order chi connectivity index (χ1) is 13.7. The van der Waals surface area contributed by atoms with Gasteiger partial charge in [0.05, 0.1) is 0 Å². The minimum Gasteiger partial charge on any atom is -0.348 e. The van der Waals surface area contributed by atoms with E-state index in [4.69, 9.17) is 0 Å². The van der Waals surface area contributed by atoms with Crippen molar-refractivity contribution in [3.63, 3.8) is 0 Å². The van der Waals surface area contributed by atoms with Crippen molar-refractivity contribution >= 4 is 17.5 Å². The first kappa shape index (κ1) is 20.0. The summed E-state index contributed by atoms with van der Waals surface area (Å²) in [6, 6.07) is 11.6. The number of carbonyl (C=O) groups excluding carboxylic acids is 2. The molecule has 0 spiro atoms. The molecule has 0 atom stereocenters. The molecule has 1 saturated heterocycles. The molecule has 28 heavy (non-hydrogen) atoms. The van der Waals surface area contributed by atoms with E-state index in [2.05, 4.69) is 20.5 Å². The third-order valence-corrected chi connectivity index (χ3v) is 5.27. The summed E-state index contributed by atoms with van der Waals surface area (Å²) in [4.78, 5) is 30.8. The summed E-state index contributed by atoms with van der Waals surface area (Å²) in [5.74, 6) is -0.755. The Kier molecular flexibility index (Phi) is 7.14. The number of hydrogen-bond acceptors (Lipinski definition) is 4. The topological polar surface area (TPSA) is 74.3 Å². The third kappa shape index (κ3) is 5.63. The van der Waals surface area contributed by atoms with Gasteiger partial charge in [-0.2, -0.15) is 0 Å². The molecule has 6 heteroatoms. The molecule has 0 aliphatic carbocycles. The Morgan fingerprint density at radius 3 is 2.50 bits per heavy atom. The minimum absolute atomic E-state index is 0.411. The first-order valence-electron chi connectivity index (χ1n) is 9.94. The van der Waals surface area contributed by atoms with Crippen LogP contribution in [0.2, 0.25) is 0 Å². The number of piperidine rings is 1. The second-order valence-corrected chi connectivity index (χ2v) is 7.25. The number of anilines is 1. The van der Waals surface area contributed by atoms with E-state index in [0.717, 1.165) is 44.5 Å². The zero-order chi connectivity index (χ0) is 19.8. The Bertz CT molecular complexity index is 786. The zero-order valence-corrected chi connectivity index (χ0v) is 16.4. The summed E-state index contributed by atoms with van der Waals surface area (Å²) in [6.07, 6.45) is 6.48. The van der Waals surface area contributed by atoms with Gasteiger partial charge in [0.15, 0.2) is 0 Å². The molecule has 1 fully saturated rings. The zero-order valence-electron chi connectivity index (χ0n) is 16.4. The molecule has 148 valence electrons. The van der Waals surface area contributed by atoms with Crippen molar-refractivity contribution in [1.29, 1.82) is 0 Å². The van der Waals surface area contributed by atoms with E-state index in [9.17, 15) is 9.59 Å². The second kappa shape index (κ2) is 9.99. The van der Waals surface area contributed by atoms with Crippen molar-refractivity contribution in [2.45, 2.75) is 32.7 Å². The van der Waals surface area contributed by atoms with Crippen molar-refractivity contribution in [3.05, 3.63) is 59.9 Å². The number of hydrogen-bond donors (Lipinski definition) is 2. The summed E-state index contributed by atoms with van der Waals surface area (Å²) in [7, 11) is 0. The van der Waals surface area contributed by atoms with E-state index < -0.39 is 11.8 Å². The number of carbonyl (C=O) groups is 2. The minimum atomic E-state index is -0.601. The molecular formula is C22H28N4O2. The molecule has 1 aliphatic heterocycles. The summed E-state index contributed by atoms with van der Waals surface area (Å²) in [5.41, 5.74) is 2.99. The lowest BCUT2D eigenvalue weighted by molar-refractivity contribution is -0.136. The van der Waals surface area contributed by atoms with Crippen LogP contribution in [-0.4, -0.2) is 41.3 Å². The van der Waals surface area contributed by atoms with Crippen molar-refractivity contribution in [3.8, 4) is 0 Å². The number of rotatable bonds is 6. The Balaban J connectivity index is 1.40. The average molecular weight is 380 g/mol. The van der Waals surface area contributed by atoms with Gasteiger partial charge in [-0.15, -0.1) is 0 Å². The van der Waals surface area contributed by atoms with Gasteiger partial charge in [0, 0.05) is 31.2 Å². The molecule has 1 aliphatic rings. The lowest BCUT2D eigenvalue weighted by Gasteiger charge is -2.32. The number of pyridine rings is 1. The summed E-state index contributed by atoms with van der Waals surface area (Å²) in [5, 5.41) is 5.52. The van der Waals surface area contributed by atoms with Crippen molar-refractivity contribution < 1.29 is 9.59 Å². The smallest absolute Gasteiger partial charge is 0.313 e. The molecule has 1 aromatic carbocycles. The fraction of sp³-hybridized carbons (Fsp3) is 0.409. The van der Waals surface area contributed by atoms with Gasteiger partial charge in [0.2, 0.25) is 0 Å². The van der Waals surface area contributed by atoms with Crippen LogP contribution in [0.15, 0.2) is 48.8 Å². The van der Waals surface area contributed by atoms with Gasteiger partial charge in [-0.25, -0.2) is 0 Å². The Hall–Kier alpha value is -2.73. The highest BCUT2D eigenvalue weighted by molar-refractivity contribution is 6.39. The van der Waals surface area contributed by atoms with Crippen LogP contribution in [0, 0.1) is 5.92 Å². The molecule has 0 unspecified atom stereocenters. The van der Waals surface area contributed by atoms with Crippen LogP contribution < -0.4 is 10.6 Å². The monoisotopic (exact) mass is 380 g/mol. The third-order valence-electron chi connectivity index (χ3n) is 5.27. The maximum atomic E-state index is 12.2. The van der Waals surface area contributed by atoms with E-state index in [0.29, 0.717) is 18.2 Å². The molecule has 6 nitrogen and oxygen atoms in total. The van der Waals surface area contributed by atoms with Crippen LogP contribution in [0.4, 0.5) is 5.69 Å². The highest BCUT2D eigenvalue weighted by atomic mass is 16.2. The number of benzene rings is 1. The Morgan fingerprint density at radius 2 is 1.79 bits per heavy atom. The van der Waals surface area contributed by atoms with Crippen molar-refractivity contribution in [2.75, 3.05) is 25.0 Å². The summed E-state index contributed by atoms with van der Waals surface area (Å²) >= 11 is 0. The summed E-state index contributed by atoms with van der Waals surface area (Å²) < 4.78 is 0. The molecule has 3 rings (SSSR count). The number of para-hydroxylation sites is 1. The van der Waals surface area contributed by atoms with Gasteiger partial charge >= 0.3 is 11.8 Å². The molecule has 0 bridgehead atoms. The second-order valence-electron chi connectivity index (χ2n) is 7.25. The number of likely N-dealkylation sites (tertiary alicyclic amines) is 1. The molecule has 0 radical (unpaired) electrons. The van der Waals surface area contributed by atoms with Gasteiger partial charge in [-0.1, -0.05) is 25.1 Å². The number of nitrogens with one attached hydrogen (secondary N) is 2. The predicted molar refractivity (Wildman–Crippen MR) is 110 cm³/mol. The maximum absolute atomic E-state index is 12.2. The van der Waals surface area contributed by atoms with Crippen LogP contribution in [0.3, 0.4) is 0 Å². The highest BCUT2D eigenvalue weighted by Gasteiger charge is 2.21. The van der Waals surface area contributed by atoms with Crippen LogP contribution >= 0.6 is 0 Å². The van der Waals surface area contributed by atoms with Crippen LogP contribution in [0.25, 0.3) is 0 Å². The number of aromatic nitrogens is 1. The molecule has 2 amide bonds. The number of aryl methyl sites for hydroxylation is 1. The van der Waals surface area contributed by atoms with E-state index in [1.807, 2.05) is 55.7 Å². The Labute approximate surface area is 166 Å². The molecule has 2 aromatic rings. The van der Waals surface area contributed by atoms with Gasteiger partial charge in [0.1, 0.15) is 0 Å². The predicted octanol–water partition coefficient (Wildman–Crippen LogP) is 2.61. The standard InChI is InChI=1S/C22H28N4O2/c1-2-19-5-3-4-6-20(19)25-22(28)21(27)24-15-17-9-13-26(14-10-17)16-18-7-11-23-12-8-18/h3-8,11-12,17H,2,9-10,13-16H2,1H3,(H,24,27)(H,25,28). The van der Waals surface area contributed by atoms with E-state index >= 15 is 0 Å². The van der Waals surface area contributed by atoms with Crippen LogP contribution in [-0.2, 0) is 22.6 Å².